The molecule has 0 saturated carbocycles. The largest absolute Gasteiger partial charge is 0.481 e. The van der Waals surface area contributed by atoms with Crippen LogP contribution in [-0.2, 0) is 4.79 Å². The van der Waals surface area contributed by atoms with Crippen molar-refractivity contribution in [2.75, 3.05) is 14.1 Å². The lowest BCUT2D eigenvalue weighted by atomic mass is 9.82. The van der Waals surface area contributed by atoms with Gasteiger partial charge >= 0.3 is 5.97 Å². The zero-order chi connectivity index (χ0) is 9.94. The molecule has 0 aromatic carbocycles. The van der Waals surface area contributed by atoms with Crippen molar-refractivity contribution in [2.45, 2.75) is 33.2 Å². The summed E-state index contributed by atoms with van der Waals surface area (Å²) in [6, 6.07) is 0.0926. The minimum atomic E-state index is -0.733. The Balaban J connectivity index is 4.59. The van der Waals surface area contributed by atoms with E-state index in [1.165, 1.54) is 0 Å². The van der Waals surface area contributed by atoms with Crippen LogP contribution in [-0.4, -0.2) is 36.1 Å². The van der Waals surface area contributed by atoms with E-state index in [-0.39, 0.29) is 6.04 Å². The fourth-order valence-corrected chi connectivity index (χ4v) is 1.66. The fraction of sp³-hybridized carbons (Fsp3) is 0.889. The van der Waals surface area contributed by atoms with E-state index in [9.17, 15) is 4.79 Å². The van der Waals surface area contributed by atoms with Crippen molar-refractivity contribution in [3.05, 3.63) is 0 Å². The lowest BCUT2D eigenvalue weighted by Gasteiger charge is -2.34. The molecule has 0 aromatic heterocycles. The van der Waals surface area contributed by atoms with E-state index in [0.717, 1.165) is 6.42 Å². The van der Waals surface area contributed by atoms with Crippen LogP contribution in [0, 0.1) is 5.41 Å². The van der Waals surface area contributed by atoms with Gasteiger partial charge in [-0.15, -0.1) is 0 Å². The number of carboxylic acid groups (broad SMARTS) is 1. The van der Waals surface area contributed by atoms with Gasteiger partial charge in [0.2, 0.25) is 0 Å². The third-order valence-electron chi connectivity index (χ3n) is 2.39. The molecule has 0 saturated heterocycles. The van der Waals surface area contributed by atoms with Crippen LogP contribution in [0.25, 0.3) is 0 Å². The summed E-state index contributed by atoms with van der Waals surface area (Å²) < 4.78 is 0. The van der Waals surface area contributed by atoms with Crippen molar-refractivity contribution in [2.24, 2.45) is 5.41 Å². The van der Waals surface area contributed by atoms with Crippen LogP contribution in [0.3, 0.4) is 0 Å². The predicted octanol–water partition coefficient (Wildman–Crippen LogP) is 1.44. The first-order valence-electron chi connectivity index (χ1n) is 4.23. The van der Waals surface area contributed by atoms with Crippen LogP contribution in [0.2, 0.25) is 0 Å². The number of hydrogen-bond donors (Lipinski definition) is 1. The first-order chi connectivity index (χ1) is 5.34. The second-order valence-electron chi connectivity index (χ2n) is 3.91. The highest BCUT2D eigenvalue weighted by atomic mass is 16.4. The zero-order valence-electron chi connectivity index (χ0n) is 8.59. The molecule has 1 unspecified atom stereocenters. The van der Waals surface area contributed by atoms with Crippen molar-refractivity contribution >= 4 is 5.97 Å². The summed E-state index contributed by atoms with van der Waals surface area (Å²) in [4.78, 5) is 12.9. The molecular weight excluding hydrogens is 154 g/mol. The minimum Gasteiger partial charge on any atom is -0.481 e. The molecule has 0 fully saturated rings. The molecule has 0 aromatic rings. The monoisotopic (exact) mass is 173 g/mol. The Morgan fingerprint density at radius 1 is 1.50 bits per heavy atom. The van der Waals surface area contributed by atoms with Crippen molar-refractivity contribution in [1.82, 2.24) is 4.90 Å². The molecule has 0 aliphatic carbocycles. The van der Waals surface area contributed by atoms with Gasteiger partial charge in [0.25, 0.3) is 0 Å². The second-order valence-corrected chi connectivity index (χ2v) is 3.91. The van der Waals surface area contributed by atoms with E-state index >= 15 is 0 Å². The van der Waals surface area contributed by atoms with E-state index in [1.54, 1.807) is 13.8 Å². The summed E-state index contributed by atoms with van der Waals surface area (Å²) >= 11 is 0. The number of rotatable bonds is 4. The number of aliphatic carboxylic acids is 1. The van der Waals surface area contributed by atoms with Crippen molar-refractivity contribution < 1.29 is 9.90 Å². The zero-order valence-corrected chi connectivity index (χ0v) is 8.59. The van der Waals surface area contributed by atoms with Crippen molar-refractivity contribution in [1.29, 1.82) is 0 Å². The maximum atomic E-state index is 10.9. The van der Waals surface area contributed by atoms with Gasteiger partial charge in [-0.05, 0) is 34.4 Å². The SMILES string of the molecule is CCC(N(C)C)C(C)(C)C(=O)O. The summed E-state index contributed by atoms with van der Waals surface area (Å²) in [5, 5.41) is 8.96. The Bertz CT molecular complexity index is 164. The van der Waals surface area contributed by atoms with Crippen LogP contribution in [0.5, 0.6) is 0 Å². The van der Waals surface area contributed by atoms with Crippen LogP contribution < -0.4 is 0 Å². The molecule has 1 N–H and O–H groups in total. The molecule has 0 radical (unpaired) electrons. The molecule has 3 nitrogen and oxygen atoms in total. The van der Waals surface area contributed by atoms with Gasteiger partial charge < -0.3 is 10.0 Å². The molecule has 0 aliphatic heterocycles. The van der Waals surface area contributed by atoms with E-state index in [0.29, 0.717) is 0 Å². The predicted molar refractivity (Wildman–Crippen MR) is 49.2 cm³/mol. The molecular formula is C9H19NO2. The number of nitrogens with zero attached hydrogens (tertiary/aromatic N) is 1. The summed E-state index contributed by atoms with van der Waals surface area (Å²) in [5.74, 6) is -0.733. The van der Waals surface area contributed by atoms with Gasteiger partial charge in [0.15, 0.2) is 0 Å². The van der Waals surface area contributed by atoms with E-state index in [2.05, 4.69) is 0 Å². The first-order valence-corrected chi connectivity index (χ1v) is 4.23. The molecule has 1 atom stereocenters. The molecule has 3 heteroatoms. The highest BCUT2D eigenvalue weighted by molar-refractivity contribution is 5.74. The lowest BCUT2D eigenvalue weighted by Crippen LogP contribution is -2.45. The molecule has 0 bridgehead atoms. The summed E-state index contributed by atoms with van der Waals surface area (Å²) in [6.45, 7) is 5.54. The number of carboxylic acids is 1. The standard InChI is InChI=1S/C9H19NO2/c1-6-7(10(4)5)9(2,3)8(11)12/h7H,6H2,1-5H3,(H,11,12). The van der Waals surface area contributed by atoms with Gasteiger partial charge in [0, 0.05) is 6.04 Å². The molecule has 72 valence electrons. The van der Waals surface area contributed by atoms with Crippen LogP contribution in [0.1, 0.15) is 27.2 Å². The Labute approximate surface area is 74.4 Å². The maximum absolute atomic E-state index is 10.9. The quantitative estimate of drug-likeness (QED) is 0.699. The van der Waals surface area contributed by atoms with E-state index < -0.39 is 11.4 Å². The third kappa shape index (κ3) is 2.21. The van der Waals surface area contributed by atoms with Gasteiger partial charge in [-0.3, -0.25) is 4.79 Å². The lowest BCUT2D eigenvalue weighted by molar-refractivity contribution is -0.150. The molecule has 0 amide bonds. The van der Waals surface area contributed by atoms with Gasteiger partial charge in [-0.1, -0.05) is 6.92 Å². The Morgan fingerprint density at radius 3 is 2.00 bits per heavy atom. The minimum absolute atomic E-state index is 0.0926. The fourth-order valence-electron chi connectivity index (χ4n) is 1.66. The Kier molecular flexibility index (Phi) is 3.71. The molecule has 0 heterocycles. The van der Waals surface area contributed by atoms with Crippen LogP contribution in [0.15, 0.2) is 0 Å². The number of carbonyl (C=O) groups is 1. The van der Waals surface area contributed by atoms with Crippen molar-refractivity contribution in [3.63, 3.8) is 0 Å². The average Bonchev–Trinajstić information content (AvgIpc) is 1.86. The number of hydrogen-bond acceptors (Lipinski definition) is 2. The summed E-state index contributed by atoms with van der Waals surface area (Å²) in [7, 11) is 3.83. The normalized spacial score (nSPS) is 14.8. The molecule has 0 spiro atoms. The van der Waals surface area contributed by atoms with Gasteiger partial charge in [-0.2, -0.15) is 0 Å². The third-order valence-corrected chi connectivity index (χ3v) is 2.39. The molecule has 0 rings (SSSR count). The molecule has 0 aliphatic rings. The smallest absolute Gasteiger partial charge is 0.310 e. The van der Waals surface area contributed by atoms with Crippen LogP contribution >= 0.6 is 0 Å². The average molecular weight is 173 g/mol. The summed E-state index contributed by atoms with van der Waals surface area (Å²) in [5.41, 5.74) is -0.668. The van der Waals surface area contributed by atoms with Crippen LogP contribution in [0.4, 0.5) is 0 Å². The molecule has 12 heavy (non-hydrogen) atoms. The maximum Gasteiger partial charge on any atom is 0.310 e. The Hall–Kier alpha value is -0.570. The van der Waals surface area contributed by atoms with Gasteiger partial charge in [0.05, 0.1) is 5.41 Å². The van der Waals surface area contributed by atoms with Crippen molar-refractivity contribution in [3.8, 4) is 0 Å². The van der Waals surface area contributed by atoms with Gasteiger partial charge in [-0.25, -0.2) is 0 Å². The topological polar surface area (TPSA) is 40.5 Å². The van der Waals surface area contributed by atoms with Gasteiger partial charge in [0.1, 0.15) is 0 Å². The Morgan fingerprint density at radius 2 is 1.92 bits per heavy atom. The summed E-state index contributed by atoms with van der Waals surface area (Å²) in [6.07, 6.45) is 0.853. The first kappa shape index (κ1) is 11.4. The van der Waals surface area contributed by atoms with E-state index in [1.807, 2.05) is 25.9 Å². The van der Waals surface area contributed by atoms with E-state index in [4.69, 9.17) is 5.11 Å². The highest BCUT2D eigenvalue weighted by Gasteiger charge is 2.36. The second kappa shape index (κ2) is 3.90. The highest BCUT2D eigenvalue weighted by Crippen LogP contribution is 2.26.